The SMILES string of the molecule is COc1ccc(O)c([C@@H](C)Nc2nc(C(F)(F)F)ccc2C#N)c1. The van der Waals surface area contributed by atoms with Crippen molar-refractivity contribution in [1.29, 1.82) is 5.26 Å². The van der Waals surface area contributed by atoms with Crippen molar-refractivity contribution in [3.63, 3.8) is 0 Å². The first kappa shape index (κ1) is 17.4. The Hall–Kier alpha value is -2.95. The maximum Gasteiger partial charge on any atom is 0.433 e. The van der Waals surface area contributed by atoms with Gasteiger partial charge in [-0.2, -0.15) is 18.4 Å². The van der Waals surface area contributed by atoms with E-state index < -0.39 is 17.9 Å². The summed E-state index contributed by atoms with van der Waals surface area (Å²) < 4.78 is 43.5. The minimum Gasteiger partial charge on any atom is -0.508 e. The van der Waals surface area contributed by atoms with Crippen molar-refractivity contribution >= 4 is 5.82 Å². The van der Waals surface area contributed by atoms with Gasteiger partial charge in [-0.1, -0.05) is 0 Å². The molecular weight excluding hydrogens is 323 g/mol. The number of nitrogens with one attached hydrogen (secondary N) is 1. The van der Waals surface area contributed by atoms with Crippen LogP contribution < -0.4 is 10.1 Å². The summed E-state index contributed by atoms with van der Waals surface area (Å²) in [4.78, 5) is 3.48. The van der Waals surface area contributed by atoms with Crippen molar-refractivity contribution < 1.29 is 23.0 Å². The summed E-state index contributed by atoms with van der Waals surface area (Å²) in [5.41, 5.74) is -0.735. The Morgan fingerprint density at radius 3 is 2.58 bits per heavy atom. The van der Waals surface area contributed by atoms with E-state index in [1.807, 2.05) is 0 Å². The average Bonchev–Trinajstić information content (AvgIpc) is 2.54. The maximum atomic E-state index is 12.8. The van der Waals surface area contributed by atoms with Gasteiger partial charge in [-0.15, -0.1) is 0 Å². The third-order valence-corrected chi connectivity index (χ3v) is 3.36. The highest BCUT2D eigenvalue weighted by atomic mass is 19.4. The molecule has 24 heavy (non-hydrogen) atoms. The summed E-state index contributed by atoms with van der Waals surface area (Å²) in [6.07, 6.45) is -4.62. The number of pyridine rings is 1. The van der Waals surface area contributed by atoms with Crippen molar-refractivity contribution in [2.75, 3.05) is 12.4 Å². The standard InChI is InChI=1S/C16H14F3N3O2/c1-9(12-7-11(24-2)4-5-13(12)23)21-15-10(8-20)3-6-14(22-15)16(17,18)19/h3-7,9,23H,1-2H3,(H,21,22)/t9-/m1/s1. The molecule has 0 spiro atoms. The number of phenolic OH excluding ortho intramolecular Hbond substituents is 1. The van der Waals surface area contributed by atoms with Crippen LogP contribution in [0.4, 0.5) is 19.0 Å². The Morgan fingerprint density at radius 2 is 2.00 bits per heavy atom. The number of anilines is 1. The molecule has 0 aliphatic heterocycles. The van der Waals surface area contributed by atoms with Gasteiger partial charge in [-0.3, -0.25) is 0 Å². The quantitative estimate of drug-likeness (QED) is 0.886. The zero-order chi connectivity index (χ0) is 17.9. The van der Waals surface area contributed by atoms with Gasteiger partial charge in [-0.05, 0) is 37.3 Å². The lowest BCUT2D eigenvalue weighted by atomic mass is 10.1. The second kappa shape index (κ2) is 6.66. The fourth-order valence-corrected chi connectivity index (χ4v) is 2.11. The van der Waals surface area contributed by atoms with Crippen molar-refractivity contribution in [2.45, 2.75) is 19.1 Å². The molecule has 1 heterocycles. The molecule has 0 amide bonds. The summed E-state index contributed by atoms with van der Waals surface area (Å²) in [6.45, 7) is 1.62. The molecule has 126 valence electrons. The summed E-state index contributed by atoms with van der Waals surface area (Å²) in [7, 11) is 1.45. The minimum atomic E-state index is -4.62. The Labute approximate surface area is 136 Å². The summed E-state index contributed by atoms with van der Waals surface area (Å²) in [5.74, 6) is 0.220. The van der Waals surface area contributed by atoms with Crippen LogP contribution in [-0.2, 0) is 6.18 Å². The molecule has 1 aromatic heterocycles. The number of hydrogen-bond acceptors (Lipinski definition) is 5. The van der Waals surface area contributed by atoms with Gasteiger partial charge >= 0.3 is 6.18 Å². The smallest absolute Gasteiger partial charge is 0.433 e. The fourth-order valence-electron chi connectivity index (χ4n) is 2.11. The number of benzene rings is 1. The van der Waals surface area contributed by atoms with Gasteiger partial charge in [0.25, 0.3) is 0 Å². The van der Waals surface area contributed by atoms with Crippen molar-refractivity contribution in [1.82, 2.24) is 4.98 Å². The van der Waals surface area contributed by atoms with E-state index in [-0.39, 0.29) is 17.1 Å². The first-order chi connectivity index (χ1) is 11.3. The van der Waals surface area contributed by atoms with E-state index in [2.05, 4.69) is 10.3 Å². The highest BCUT2D eigenvalue weighted by molar-refractivity contribution is 5.55. The van der Waals surface area contributed by atoms with Crippen molar-refractivity contribution in [3.05, 3.63) is 47.2 Å². The van der Waals surface area contributed by atoms with Crippen LogP contribution in [0.15, 0.2) is 30.3 Å². The van der Waals surface area contributed by atoms with E-state index >= 15 is 0 Å². The molecule has 2 rings (SSSR count). The fraction of sp³-hybridized carbons (Fsp3) is 0.250. The Balaban J connectivity index is 2.38. The molecule has 0 saturated carbocycles. The molecule has 2 N–H and O–H groups in total. The first-order valence-electron chi connectivity index (χ1n) is 6.88. The monoisotopic (exact) mass is 337 g/mol. The number of methoxy groups -OCH3 is 1. The summed E-state index contributed by atoms with van der Waals surface area (Å²) in [6, 6.07) is 7.49. The van der Waals surface area contributed by atoms with Gasteiger partial charge in [0.2, 0.25) is 0 Å². The molecule has 0 unspecified atom stereocenters. The molecule has 0 saturated heterocycles. The number of nitriles is 1. The minimum absolute atomic E-state index is 0.0303. The van der Waals surface area contributed by atoms with E-state index in [9.17, 15) is 18.3 Å². The van der Waals surface area contributed by atoms with Crippen LogP contribution in [0.2, 0.25) is 0 Å². The number of phenols is 1. The number of ether oxygens (including phenoxy) is 1. The second-order valence-corrected chi connectivity index (χ2v) is 4.99. The molecule has 0 aliphatic rings. The third-order valence-electron chi connectivity index (χ3n) is 3.36. The highest BCUT2D eigenvalue weighted by Crippen LogP contribution is 2.33. The van der Waals surface area contributed by atoms with Crippen LogP contribution in [-0.4, -0.2) is 17.2 Å². The number of nitrogens with zero attached hydrogens (tertiary/aromatic N) is 2. The number of alkyl halides is 3. The van der Waals surface area contributed by atoms with E-state index in [4.69, 9.17) is 10.00 Å². The van der Waals surface area contributed by atoms with E-state index in [1.54, 1.807) is 25.1 Å². The molecule has 2 aromatic rings. The van der Waals surface area contributed by atoms with E-state index in [0.29, 0.717) is 11.3 Å². The molecule has 5 nitrogen and oxygen atoms in total. The van der Waals surface area contributed by atoms with Crippen LogP contribution >= 0.6 is 0 Å². The molecule has 0 aliphatic carbocycles. The van der Waals surface area contributed by atoms with Gasteiger partial charge in [0.15, 0.2) is 0 Å². The van der Waals surface area contributed by atoms with Crippen LogP contribution in [0.5, 0.6) is 11.5 Å². The molecule has 1 atom stereocenters. The van der Waals surface area contributed by atoms with E-state index in [0.717, 1.165) is 12.1 Å². The normalized spacial score (nSPS) is 12.3. The van der Waals surface area contributed by atoms with Crippen LogP contribution in [0.25, 0.3) is 0 Å². The lowest BCUT2D eigenvalue weighted by Gasteiger charge is -2.18. The molecule has 0 fully saturated rings. The third kappa shape index (κ3) is 3.68. The number of hydrogen-bond donors (Lipinski definition) is 2. The van der Waals surface area contributed by atoms with Crippen LogP contribution in [0.3, 0.4) is 0 Å². The van der Waals surface area contributed by atoms with Gasteiger partial charge in [0.1, 0.15) is 29.1 Å². The number of aromatic nitrogens is 1. The second-order valence-electron chi connectivity index (χ2n) is 4.99. The molecule has 0 bridgehead atoms. The molecule has 1 aromatic carbocycles. The van der Waals surface area contributed by atoms with Crippen molar-refractivity contribution in [2.24, 2.45) is 0 Å². The predicted octanol–water partition coefficient (Wildman–Crippen LogP) is 3.86. The van der Waals surface area contributed by atoms with Gasteiger partial charge in [0, 0.05) is 5.56 Å². The molecular formula is C16H14F3N3O2. The van der Waals surface area contributed by atoms with Crippen LogP contribution in [0, 0.1) is 11.3 Å². The lowest BCUT2D eigenvalue weighted by molar-refractivity contribution is -0.141. The van der Waals surface area contributed by atoms with E-state index in [1.165, 1.54) is 13.2 Å². The summed E-state index contributed by atoms with van der Waals surface area (Å²) in [5, 5.41) is 21.7. The van der Waals surface area contributed by atoms with Gasteiger partial charge in [-0.25, -0.2) is 4.98 Å². The Kier molecular flexibility index (Phi) is 4.83. The maximum absolute atomic E-state index is 12.8. The average molecular weight is 337 g/mol. The van der Waals surface area contributed by atoms with Gasteiger partial charge < -0.3 is 15.2 Å². The zero-order valence-electron chi connectivity index (χ0n) is 12.8. The first-order valence-corrected chi connectivity index (χ1v) is 6.88. The molecule has 0 radical (unpaired) electrons. The Morgan fingerprint density at radius 1 is 1.29 bits per heavy atom. The topological polar surface area (TPSA) is 78.2 Å². The lowest BCUT2D eigenvalue weighted by Crippen LogP contribution is -2.14. The van der Waals surface area contributed by atoms with Crippen LogP contribution in [0.1, 0.15) is 29.8 Å². The predicted molar refractivity (Wildman–Crippen MR) is 80.7 cm³/mol. The largest absolute Gasteiger partial charge is 0.508 e. The Bertz CT molecular complexity index is 785. The summed E-state index contributed by atoms with van der Waals surface area (Å²) >= 11 is 0. The van der Waals surface area contributed by atoms with Gasteiger partial charge in [0.05, 0.1) is 18.7 Å². The number of halogens is 3. The molecule has 8 heteroatoms. The number of rotatable bonds is 4. The zero-order valence-corrected chi connectivity index (χ0v) is 12.8. The van der Waals surface area contributed by atoms with Crippen molar-refractivity contribution in [3.8, 4) is 17.6 Å². The highest BCUT2D eigenvalue weighted by Gasteiger charge is 2.33. The number of aromatic hydroxyl groups is 1.